The van der Waals surface area contributed by atoms with E-state index in [-0.39, 0.29) is 18.9 Å². The number of fused-ring (bicyclic) bond motifs is 1. The van der Waals surface area contributed by atoms with Crippen LogP contribution in [0, 0.1) is 0 Å². The summed E-state index contributed by atoms with van der Waals surface area (Å²) in [5, 5.41) is 3.40. The summed E-state index contributed by atoms with van der Waals surface area (Å²) in [6.07, 6.45) is 0.212. The summed E-state index contributed by atoms with van der Waals surface area (Å²) in [6, 6.07) is 4.98. The van der Waals surface area contributed by atoms with E-state index in [9.17, 15) is 9.59 Å². The zero-order valence-electron chi connectivity index (χ0n) is 13.3. The molecule has 0 spiro atoms. The minimum absolute atomic E-state index is 0.0912. The molecule has 1 N–H and O–H groups in total. The van der Waals surface area contributed by atoms with E-state index in [0.29, 0.717) is 22.7 Å². The Morgan fingerprint density at radius 2 is 2.04 bits per heavy atom. The first-order chi connectivity index (χ1) is 11.6. The average Bonchev–Trinajstić information content (AvgIpc) is 2.88. The van der Waals surface area contributed by atoms with Crippen LogP contribution >= 0.6 is 11.6 Å². The highest BCUT2D eigenvalue weighted by Gasteiger charge is 2.12. The number of aryl methyl sites for hydroxylation is 1. The molecule has 0 unspecified atom stereocenters. The van der Waals surface area contributed by atoms with Crippen LogP contribution in [0.25, 0.3) is 11.1 Å². The highest BCUT2D eigenvalue weighted by Crippen LogP contribution is 2.18. The van der Waals surface area contributed by atoms with Crippen LogP contribution in [0.1, 0.15) is 6.42 Å². The molecule has 8 heteroatoms. The van der Waals surface area contributed by atoms with E-state index in [1.807, 2.05) is 0 Å². The van der Waals surface area contributed by atoms with Gasteiger partial charge < -0.3 is 14.5 Å². The largest absolute Gasteiger partial charge is 0.419 e. The maximum Gasteiger partial charge on any atom is 0.419 e. The molecule has 1 aliphatic heterocycles. The molecule has 1 fully saturated rings. The maximum absolute atomic E-state index is 12.0. The highest BCUT2D eigenvalue weighted by molar-refractivity contribution is 6.31. The smallest absolute Gasteiger partial charge is 0.408 e. The summed E-state index contributed by atoms with van der Waals surface area (Å²) in [6.45, 7) is 4.93. The zero-order chi connectivity index (χ0) is 16.9. The predicted octanol–water partition coefficient (Wildman–Crippen LogP) is 1.09. The third kappa shape index (κ3) is 4.17. The number of halogens is 1. The van der Waals surface area contributed by atoms with E-state index in [1.165, 1.54) is 4.57 Å². The van der Waals surface area contributed by atoms with Crippen molar-refractivity contribution in [3.8, 4) is 0 Å². The average molecular weight is 354 g/mol. The lowest BCUT2D eigenvalue weighted by Gasteiger charge is -2.26. The minimum Gasteiger partial charge on any atom is -0.408 e. The topological polar surface area (TPSA) is 76.7 Å². The van der Waals surface area contributed by atoms with Crippen molar-refractivity contribution in [2.45, 2.75) is 13.0 Å². The van der Waals surface area contributed by atoms with E-state index in [2.05, 4.69) is 10.2 Å². The van der Waals surface area contributed by atoms with E-state index in [1.54, 1.807) is 18.2 Å². The Kier molecular flexibility index (Phi) is 5.55. The Balaban J connectivity index is 1.50. The number of amides is 1. The number of nitrogens with zero attached hydrogens (tertiary/aromatic N) is 2. The Bertz CT molecular complexity index is 764. The third-order valence-electron chi connectivity index (χ3n) is 4.05. The molecule has 1 amide bonds. The molecule has 3 rings (SSSR count). The van der Waals surface area contributed by atoms with Crippen LogP contribution in [0.4, 0.5) is 0 Å². The van der Waals surface area contributed by atoms with Gasteiger partial charge in [-0.1, -0.05) is 11.6 Å². The van der Waals surface area contributed by atoms with Crippen molar-refractivity contribution in [2.24, 2.45) is 0 Å². The number of ether oxygens (including phenoxy) is 1. The second-order valence-corrected chi connectivity index (χ2v) is 6.12. The second-order valence-electron chi connectivity index (χ2n) is 5.69. The van der Waals surface area contributed by atoms with Gasteiger partial charge in [-0.15, -0.1) is 0 Å². The zero-order valence-corrected chi connectivity index (χ0v) is 14.1. The molecule has 0 atom stereocenters. The van der Waals surface area contributed by atoms with E-state index < -0.39 is 5.76 Å². The van der Waals surface area contributed by atoms with Gasteiger partial charge in [0.05, 0.1) is 18.7 Å². The van der Waals surface area contributed by atoms with Crippen molar-refractivity contribution < 1.29 is 13.9 Å². The van der Waals surface area contributed by atoms with Gasteiger partial charge >= 0.3 is 5.76 Å². The van der Waals surface area contributed by atoms with Crippen molar-refractivity contribution in [1.82, 2.24) is 14.8 Å². The predicted molar refractivity (Wildman–Crippen MR) is 90.4 cm³/mol. The van der Waals surface area contributed by atoms with Crippen molar-refractivity contribution in [2.75, 3.05) is 39.4 Å². The molecule has 1 aliphatic rings. The number of hydrogen-bond donors (Lipinski definition) is 1. The van der Waals surface area contributed by atoms with Crippen LogP contribution in [0.3, 0.4) is 0 Å². The second kappa shape index (κ2) is 7.83. The fourth-order valence-electron chi connectivity index (χ4n) is 2.73. The Morgan fingerprint density at radius 3 is 2.83 bits per heavy atom. The van der Waals surface area contributed by atoms with Gasteiger partial charge in [0.25, 0.3) is 0 Å². The van der Waals surface area contributed by atoms with E-state index >= 15 is 0 Å². The van der Waals surface area contributed by atoms with Crippen LogP contribution in [-0.2, 0) is 16.1 Å². The van der Waals surface area contributed by atoms with Crippen LogP contribution in [0.15, 0.2) is 27.4 Å². The number of rotatable bonds is 6. The Hall–Kier alpha value is -1.83. The van der Waals surface area contributed by atoms with Gasteiger partial charge in [0, 0.05) is 44.2 Å². The van der Waals surface area contributed by atoms with Crippen LogP contribution < -0.4 is 11.1 Å². The summed E-state index contributed by atoms with van der Waals surface area (Å²) in [7, 11) is 0. The molecular weight excluding hydrogens is 334 g/mol. The highest BCUT2D eigenvalue weighted by atomic mass is 35.5. The van der Waals surface area contributed by atoms with Gasteiger partial charge in [0.2, 0.25) is 5.91 Å². The molecule has 24 heavy (non-hydrogen) atoms. The van der Waals surface area contributed by atoms with Crippen molar-refractivity contribution in [3.63, 3.8) is 0 Å². The fraction of sp³-hybridized carbons (Fsp3) is 0.500. The minimum atomic E-state index is -0.478. The van der Waals surface area contributed by atoms with Crippen molar-refractivity contribution >= 4 is 28.6 Å². The molecular formula is C16H20ClN3O4. The fourth-order valence-corrected chi connectivity index (χ4v) is 2.89. The standard InChI is InChI=1S/C16H20ClN3O4/c17-12-1-2-14-13(11-12)20(16(22)24-14)5-3-15(21)18-4-6-19-7-9-23-10-8-19/h1-2,11H,3-10H2,(H,18,21). The van der Waals surface area contributed by atoms with E-state index in [4.69, 9.17) is 20.8 Å². The first-order valence-electron chi connectivity index (χ1n) is 7.99. The van der Waals surface area contributed by atoms with E-state index in [0.717, 1.165) is 32.8 Å². The van der Waals surface area contributed by atoms with Crippen LogP contribution in [-0.4, -0.2) is 54.8 Å². The summed E-state index contributed by atoms with van der Waals surface area (Å²) >= 11 is 5.96. The first kappa shape index (κ1) is 17.0. The maximum atomic E-state index is 12.0. The van der Waals surface area contributed by atoms with Gasteiger partial charge in [0.1, 0.15) is 0 Å². The molecule has 7 nitrogen and oxygen atoms in total. The monoisotopic (exact) mass is 353 g/mol. The van der Waals surface area contributed by atoms with Crippen LogP contribution in [0.2, 0.25) is 5.02 Å². The van der Waals surface area contributed by atoms with Gasteiger partial charge in [-0.2, -0.15) is 0 Å². The summed E-state index contributed by atoms with van der Waals surface area (Å²) in [5.41, 5.74) is 1.07. The van der Waals surface area contributed by atoms with Gasteiger partial charge in [-0.05, 0) is 18.2 Å². The number of oxazole rings is 1. The number of aromatic nitrogens is 1. The molecule has 1 saturated heterocycles. The first-order valence-corrected chi connectivity index (χ1v) is 8.37. The SMILES string of the molecule is O=C(CCn1c(=O)oc2ccc(Cl)cc21)NCCN1CCOCC1. The summed E-state index contributed by atoms with van der Waals surface area (Å²) in [5.74, 6) is -0.570. The Labute approximate surface area is 144 Å². The van der Waals surface area contributed by atoms with Gasteiger partial charge in [-0.25, -0.2) is 4.79 Å². The number of carbonyl (C=O) groups is 1. The number of hydrogen-bond acceptors (Lipinski definition) is 5. The quantitative estimate of drug-likeness (QED) is 0.841. The summed E-state index contributed by atoms with van der Waals surface area (Å²) in [4.78, 5) is 26.1. The lowest BCUT2D eigenvalue weighted by Crippen LogP contribution is -2.41. The molecule has 0 radical (unpaired) electrons. The van der Waals surface area contributed by atoms with Crippen molar-refractivity contribution in [3.05, 3.63) is 33.8 Å². The van der Waals surface area contributed by atoms with Crippen molar-refractivity contribution in [1.29, 1.82) is 0 Å². The summed E-state index contributed by atoms with van der Waals surface area (Å²) < 4.78 is 11.9. The molecule has 130 valence electrons. The lowest BCUT2D eigenvalue weighted by atomic mass is 10.3. The molecule has 2 heterocycles. The lowest BCUT2D eigenvalue weighted by molar-refractivity contribution is -0.121. The third-order valence-corrected chi connectivity index (χ3v) is 4.28. The molecule has 1 aromatic carbocycles. The molecule has 2 aromatic rings. The number of benzene rings is 1. The normalized spacial score (nSPS) is 15.7. The molecule has 0 bridgehead atoms. The Morgan fingerprint density at radius 1 is 1.25 bits per heavy atom. The van der Waals surface area contributed by atoms with Gasteiger partial charge in [-0.3, -0.25) is 14.3 Å². The molecule has 0 aliphatic carbocycles. The number of nitrogens with one attached hydrogen (secondary N) is 1. The van der Waals surface area contributed by atoms with Gasteiger partial charge in [0.15, 0.2) is 5.58 Å². The van der Waals surface area contributed by atoms with Crippen LogP contribution in [0.5, 0.6) is 0 Å². The molecule has 1 aromatic heterocycles. The molecule has 0 saturated carbocycles. The number of carbonyl (C=O) groups excluding carboxylic acids is 1. The number of morpholine rings is 1.